The van der Waals surface area contributed by atoms with Gasteiger partial charge in [-0.25, -0.2) is 9.59 Å². The Bertz CT molecular complexity index is 1290. The number of aliphatic hydroxyl groups excluding tert-OH is 1. The second kappa shape index (κ2) is 12.4. The molecule has 0 spiro atoms. The van der Waals surface area contributed by atoms with Gasteiger partial charge in [-0.1, -0.05) is 48.5 Å². The second-order valence-corrected chi connectivity index (χ2v) is 7.84. The molecular weight excluding hydrogens is 464 g/mol. The summed E-state index contributed by atoms with van der Waals surface area (Å²) in [6, 6.07) is 15.1. The molecule has 0 fully saturated rings. The normalized spacial score (nSPS) is 10.9. The van der Waals surface area contributed by atoms with Crippen LogP contribution in [-0.4, -0.2) is 46.8 Å². The average Bonchev–Trinajstić information content (AvgIpc) is 2.86. The predicted molar refractivity (Wildman–Crippen MR) is 134 cm³/mol. The lowest BCUT2D eigenvalue weighted by atomic mass is 9.92. The van der Waals surface area contributed by atoms with Gasteiger partial charge in [-0.15, -0.1) is 0 Å². The summed E-state index contributed by atoms with van der Waals surface area (Å²) >= 11 is 0. The minimum Gasteiger partial charge on any atom is -0.462 e. The maximum Gasteiger partial charge on any atom is 0.340 e. The Hall–Kier alpha value is -4.37. The molecule has 186 valence electrons. The van der Waals surface area contributed by atoms with Gasteiger partial charge in [-0.05, 0) is 31.1 Å². The number of aromatic nitrogens is 1. The van der Waals surface area contributed by atoms with Crippen LogP contribution >= 0.6 is 0 Å². The highest BCUT2D eigenvalue weighted by Gasteiger charge is 2.28. The molecule has 36 heavy (non-hydrogen) atoms. The largest absolute Gasteiger partial charge is 0.462 e. The number of ether oxygens (including phenoxy) is 2. The van der Waals surface area contributed by atoms with Gasteiger partial charge in [0.15, 0.2) is 0 Å². The number of nitrogens with zero attached hydrogens (tertiary/aromatic N) is 2. The summed E-state index contributed by atoms with van der Waals surface area (Å²) in [5.74, 6) is -1.49. The minimum absolute atomic E-state index is 0.00538. The monoisotopic (exact) mass is 490 g/mol. The summed E-state index contributed by atoms with van der Waals surface area (Å²) in [5.41, 5.74) is 1.78. The van der Waals surface area contributed by atoms with Crippen LogP contribution in [-0.2, 0) is 9.47 Å². The number of pyridine rings is 1. The Morgan fingerprint density at radius 2 is 1.67 bits per heavy atom. The number of esters is 2. The van der Waals surface area contributed by atoms with Crippen LogP contribution < -0.4 is 0 Å². The van der Waals surface area contributed by atoms with Crippen LogP contribution in [0.3, 0.4) is 0 Å². The Morgan fingerprint density at radius 3 is 2.31 bits per heavy atom. The highest BCUT2D eigenvalue weighted by Crippen LogP contribution is 2.34. The first-order valence-corrected chi connectivity index (χ1v) is 11.3. The number of nitro benzene ring substituents is 1. The van der Waals surface area contributed by atoms with Gasteiger partial charge in [0.2, 0.25) is 0 Å². The third-order valence-electron chi connectivity index (χ3n) is 5.27. The lowest BCUT2D eigenvalue weighted by Crippen LogP contribution is -2.18. The number of aliphatic hydroxyl groups is 1. The van der Waals surface area contributed by atoms with Gasteiger partial charge in [0, 0.05) is 30.7 Å². The van der Waals surface area contributed by atoms with Crippen LogP contribution in [0.15, 0.2) is 60.7 Å². The van der Waals surface area contributed by atoms with E-state index in [-0.39, 0.29) is 54.2 Å². The van der Waals surface area contributed by atoms with Crippen LogP contribution in [0.4, 0.5) is 5.69 Å². The van der Waals surface area contributed by atoms with Crippen molar-refractivity contribution < 1.29 is 29.1 Å². The topological polar surface area (TPSA) is 129 Å². The highest BCUT2D eigenvalue weighted by atomic mass is 16.6. The first-order chi connectivity index (χ1) is 17.3. The molecule has 1 N–H and O–H groups in total. The highest BCUT2D eigenvalue weighted by molar-refractivity contribution is 6.07. The van der Waals surface area contributed by atoms with Crippen molar-refractivity contribution in [3.05, 3.63) is 98.9 Å². The first kappa shape index (κ1) is 26.2. The van der Waals surface area contributed by atoms with Crippen molar-refractivity contribution in [2.24, 2.45) is 0 Å². The number of hydrogen-bond donors (Lipinski definition) is 1. The van der Waals surface area contributed by atoms with Crippen molar-refractivity contribution >= 4 is 23.7 Å². The molecule has 0 saturated heterocycles. The van der Waals surface area contributed by atoms with E-state index in [0.717, 1.165) is 5.56 Å². The van der Waals surface area contributed by atoms with E-state index in [0.29, 0.717) is 11.4 Å². The van der Waals surface area contributed by atoms with Crippen LogP contribution in [0.25, 0.3) is 17.2 Å². The van der Waals surface area contributed by atoms with E-state index in [1.807, 2.05) is 30.3 Å². The quantitative estimate of drug-likeness (QED) is 0.188. The number of nitro groups is 1. The SMILES string of the molecule is Cc1nc(C)c(C(=O)OCCCO)c(-c2cccc([N+](=O)[O-])c2)c1C(=O)OC/C=C/c1ccccc1. The lowest BCUT2D eigenvalue weighted by Gasteiger charge is -2.18. The Kier molecular flexibility index (Phi) is 9.01. The third kappa shape index (κ3) is 6.39. The first-order valence-electron chi connectivity index (χ1n) is 11.3. The fourth-order valence-corrected chi connectivity index (χ4v) is 3.66. The summed E-state index contributed by atoms with van der Waals surface area (Å²) in [7, 11) is 0. The molecule has 0 aliphatic rings. The van der Waals surface area contributed by atoms with E-state index in [1.54, 1.807) is 32.1 Å². The smallest absolute Gasteiger partial charge is 0.340 e. The van der Waals surface area contributed by atoms with Gasteiger partial charge in [-0.3, -0.25) is 15.1 Å². The number of benzene rings is 2. The standard InChI is InChI=1S/C27H26N2O7/c1-18-23(26(31)35-15-7-11-20-9-4-3-5-10-20)25(21-12-6-13-22(17-21)29(33)34)24(19(2)28-18)27(32)36-16-8-14-30/h3-7,9-13,17,30H,8,14-16H2,1-2H3/b11-7+. The van der Waals surface area contributed by atoms with Crippen LogP contribution in [0.1, 0.15) is 44.1 Å². The molecule has 0 radical (unpaired) electrons. The van der Waals surface area contributed by atoms with E-state index in [1.165, 1.54) is 18.2 Å². The van der Waals surface area contributed by atoms with E-state index >= 15 is 0 Å². The average molecular weight is 491 g/mol. The number of carbonyl (C=O) groups is 2. The maximum absolute atomic E-state index is 13.2. The van der Waals surface area contributed by atoms with Gasteiger partial charge in [0.25, 0.3) is 5.69 Å². The lowest BCUT2D eigenvalue weighted by molar-refractivity contribution is -0.384. The van der Waals surface area contributed by atoms with Crippen molar-refractivity contribution in [3.63, 3.8) is 0 Å². The molecule has 0 atom stereocenters. The van der Waals surface area contributed by atoms with Crippen molar-refractivity contribution in [3.8, 4) is 11.1 Å². The molecule has 0 saturated carbocycles. The van der Waals surface area contributed by atoms with Crippen LogP contribution in [0, 0.1) is 24.0 Å². The summed E-state index contributed by atoms with van der Waals surface area (Å²) in [6.07, 6.45) is 3.72. The predicted octanol–water partition coefficient (Wildman–Crippen LogP) is 4.68. The molecular formula is C27H26N2O7. The minimum atomic E-state index is -0.757. The van der Waals surface area contributed by atoms with Crippen molar-refractivity contribution in [2.75, 3.05) is 19.8 Å². The number of non-ortho nitro benzene ring substituents is 1. The Morgan fingerprint density at radius 1 is 1.00 bits per heavy atom. The van der Waals surface area contributed by atoms with Crippen molar-refractivity contribution in [1.82, 2.24) is 4.98 Å². The molecule has 0 aliphatic carbocycles. The van der Waals surface area contributed by atoms with E-state index in [4.69, 9.17) is 14.6 Å². The molecule has 0 unspecified atom stereocenters. The molecule has 3 aromatic rings. The van der Waals surface area contributed by atoms with Gasteiger partial charge in [0.1, 0.15) is 6.61 Å². The number of aryl methyl sites for hydroxylation is 2. The van der Waals surface area contributed by atoms with E-state index < -0.39 is 16.9 Å². The zero-order chi connectivity index (χ0) is 26.1. The summed E-state index contributed by atoms with van der Waals surface area (Å²) in [5, 5.41) is 20.4. The number of carbonyl (C=O) groups excluding carboxylic acids is 2. The van der Waals surface area contributed by atoms with Gasteiger partial charge < -0.3 is 14.6 Å². The molecule has 3 rings (SSSR count). The van der Waals surface area contributed by atoms with Gasteiger partial charge in [-0.2, -0.15) is 0 Å². The summed E-state index contributed by atoms with van der Waals surface area (Å²) in [4.78, 5) is 41.4. The fraction of sp³-hybridized carbons (Fsp3) is 0.222. The molecule has 2 aromatic carbocycles. The molecule has 9 nitrogen and oxygen atoms in total. The Labute approximate surface area is 208 Å². The molecule has 1 aromatic heterocycles. The maximum atomic E-state index is 13.2. The Balaban J connectivity index is 2.05. The number of rotatable bonds is 10. The van der Waals surface area contributed by atoms with Crippen molar-refractivity contribution in [2.45, 2.75) is 20.3 Å². The second-order valence-electron chi connectivity index (χ2n) is 7.84. The van der Waals surface area contributed by atoms with Crippen molar-refractivity contribution in [1.29, 1.82) is 0 Å². The summed E-state index contributed by atoms with van der Waals surface area (Å²) in [6.45, 7) is 2.95. The molecule has 0 aliphatic heterocycles. The number of hydrogen-bond acceptors (Lipinski definition) is 8. The van der Waals surface area contributed by atoms with Gasteiger partial charge in [0.05, 0.1) is 34.0 Å². The van der Waals surface area contributed by atoms with Crippen LogP contribution in [0.5, 0.6) is 0 Å². The zero-order valence-corrected chi connectivity index (χ0v) is 20.0. The van der Waals surface area contributed by atoms with Gasteiger partial charge >= 0.3 is 11.9 Å². The fourth-order valence-electron chi connectivity index (χ4n) is 3.66. The summed E-state index contributed by atoms with van der Waals surface area (Å²) < 4.78 is 10.7. The third-order valence-corrected chi connectivity index (χ3v) is 5.27. The molecule has 1 heterocycles. The molecule has 0 amide bonds. The molecule has 9 heteroatoms. The zero-order valence-electron chi connectivity index (χ0n) is 20.0. The van der Waals surface area contributed by atoms with Crippen LogP contribution in [0.2, 0.25) is 0 Å². The van der Waals surface area contributed by atoms with E-state index in [2.05, 4.69) is 4.98 Å². The van der Waals surface area contributed by atoms with E-state index in [9.17, 15) is 19.7 Å². The molecule has 0 bridgehead atoms.